The minimum Gasteiger partial charge on any atom is -0.382 e. The lowest BCUT2D eigenvalue weighted by molar-refractivity contribution is -0.128. The van der Waals surface area contributed by atoms with Crippen LogP contribution in [0.2, 0.25) is 0 Å². The Morgan fingerprint density at radius 3 is 2.58 bits per heavy atom. The van der Waals surface area contributed by atoms with Crippen LogP contribution in [0, 0.1) is 0 Å². The second kappa shape index (κ2) is 3.61. The SMILES string of the molecule is CN1C(=O)C2(CCC(F)(F)CC2)c2nc(N)cnc21. The molecular formula is C12H14F2N4O. The molecule has 19 heavy (non-hydrogen) atoms. The highest BCUT2D eigenvalue weighted by Gasteiger charge is 2.56. The lowest BCUT2D eigenvalue weighted by Gasteiger charge is -2.35. The van der Waals surface area contributed by atoms with Gasteiger partial charge in [-0.05, 0) is 12.8 Å². The van der Waals surface area contributed by atoms with Crippen LogP contribution >= 0.6 is 0 Å². The Morgan fingerprint density at radius 1 is 1.32 bits per heavy atom. The summed E-state index contributed by atoms with van der Waals surface area (Å²) in [4.78, 5) is 22.1. The molecule has 5 nitrogen and oxygen atoms in total. The summed E-state index contributed by atoms with van der Waals surface area (Å²) >= 11 is 0. The average molecular weight is 268 g/mol. The Hall–Kier alpha value is -1.79. The fourth-order valence-electron chi connectivity index (χ4n) is 2.97. The van der Waals surface area contributed by atoms with Gasteiger partial charge in [-0.15, -0.1) is 0 Å². The molecule has 1 amide bonds. The maximum absolute atomic E-state index is 13.3. The molecule has 7 heteroatoms. The molecule has 0 atom stereocenters. The maximum Gasteiger partial charge on any atom is 0.248 e. The number of amides is 1. The zero-order valence-electron chi connectivity index (χ0n) is 10.5. The Morgan fingerprint density at radius 2 is 1.95 bits per heavy atom. The Bertz CT molecular complexity index is 551. The van der Waals surface area contributed by atoms with Crippen molar-refractivity contribution in [2.75, 3.05) is 17.7 Å². The van der Waals surface area contributed by atoms with Crippen LogP contribution in [-0.2, 0) is 10.2 Å². The van der Waals surface area contributed by atoms with Crippen molar-refractivity contribution in [1.29, 1.82) is 0 Å². The predicted molar refractivity (Wildman–Crippen MR) is 64.9 cm³/mol. The van der Waals surface area contributed by atoms with E-state index in [1.807, 2.05) is 0 Å². The molecule has 1 saturated carbocycles. The Labute approximate surface area is 108 Å². The molecule has 0 unspecified atom stereocenters. The van der Waals surface area contributed by atoms with Gasteiger partial charge in [0.1, 0.15) is 11.5 Å². The van der Waals surface area contributed by atoms with E-state index in [4.69, 9.17) is 5.73 Å². The van der Waals surface area contributed by atoms with E-state index < -0.39 is 11.3 Å². The first-order chi connectivity index (χ1) is 8.86. The molecule has 1 aromatic rings. The molecule has 1 aliphatic carbocycles. The van der Waals surface area contributed by atoms with Gasteiger partial charge in [-0.3, -0.25) is 9.69 Å². The first kappa shape index (κ1) is 12.3. The molecule has 2 heterocycles. The van der Waals surface area contributed by atoms with E-state index in [0.717, 1.165) is 0 Å². The van der Waals surface area contributed by atoms with Crippen LogP contribution in [0.25, 0.3) is 0 Å². The molecule has 102 valence electrons. The molecule has 0 aromatic carbocycles. The molecule has 2 N–H and O–H groups in total. The van der Waals surface area contributed by atoms with Gasteiger partial charge in [0.25, 0.3) is 0 Å². The van der Waals surface area contributed by atoms with Crippen LogP contribution < -0.4 is 10.6 Å². The van der Waals surface area contributed by atoms with Crippen LogP contribution in [0.5, 0.6) is 0 Å². The van der Waals surface area contributed by atoms with E-state index in [9.17, 15) is 13.6 Å². The summed E-state index contributed by atoms with van der Waals surface area (Å²) in [5, 5.41) is 0. The highest BCUT2D eigenvalue weighted by atomic mass is 19.3. The fraction of sp³-hybridized carbons (Fsp3) is 0.583. The average Bonchev–Trinajstić information content (AvgIpc) is 2.56. The van der Waals surface area contributed by atoms with Crippen molar-refractivity contribution in [2.24, 2.45) is 0 Å². The van der Waals surface area contributed by atoms with Crippen molar-refractivity contribution in [3.05, 3.63) is 11.9 Å². The van der Waals surface area contributed by atoms with Gasteiger partial charge in [-0.2, -0.15) is 0 Å². The monoisotopic (exact) mass is 268 g/mol. The highest BCUT2D eigenvalue weighted by Crippen LogP contribution is 2.51. The Kier molecular flexibility index (Phi) is 2.33. The first-order valence-electron chi connectivity index (χ1n) is 6.15. The molecule has 1 fully saturated rings. The maximum atomic E-state index is 13.3. The van der Waals surface area contributed by atoms with E-state index in [1.165, 1.54) is 11.1 Å². The molecule has 3 rings (SSSR count). The van der Waals surface area contributed by atoms with Crippen LogP contribution in [0.1, 0.15) is 31.4 Å². The quantitative estimate of drug-likeness (QED) is 0.773. The fourth-order valence-corrected chi connectivity index (χ4v) is 2.97. The second-order valence-corrected chi connectivity index (χ2v) is 5.27. The van der Waals surface area contributed by atoms with Gasteiger partial charge >= 0.3 is 0 Å². The number of hydrogen-bond acceptors (Lipinski definition) is 4. The number of alkyl halides is 2. The lowest BCUT2D eigenvalue weighted by atomic mass is 9.71. The number of nitrogens with two attached hydrogens (primary N) is 1. The number of halogens is 2. The molecule has 1 aliphatic heterocycles. The minimum atomic E-state index is -2.69. The van der Waals surface area contributed by atoms with Crippen molar-refractivity contribution in [3.8, 4) is 0 Å². The summed E-state index contributed by atoms with van der Waals surface area (Å²) in [6.07, 6.45) is 0.951. The summed E-state index contributed by atoms with van der Waals surface area (Å²) < 4.78 is 26.7. The van der Waals surface area contributed by atoms with Gasteiger partial charge in [0.15, 0.2) is 5.82 Å². The standard InChI is InChI=1S/C12H14F2N4O/c1-18-9-8(17-7(15)6-16-9)11(10(18)19)2-4-12(13,14)5-3-11/h6H,2-5H2,1H3,(H2,15,17). The summed E-state index contributed by atoms with van der Waals surface area (Å²) in [6, 6.07) is 0. The summed E-state index contributed by atoms with van der Waals surface area (Å²) in [7, 11) is 1.59. The van der Waals surface area contributed by atoms with Gasteiger partial charge in [0.2, 0.25) is 11.8 Å². The molecule has 0 saturated heterocycles. The van der Waals surface area contributed by atoms with Crippen molar-refractivity contribution in [3.63, 3.8) is 0 Å². The number of hydrogen-bond donors (Lipinski definition) is 1. The molecular weight excluding hydrogens is 254 g/mol. The van der Waals surface area contributed by atoms with Crippen molar-refractivity contribution in [2.45, 2.75) is 37.0 Å². The number of carbonyl (C=O) groups is 1. The topological polar surface area (TPSA) is 72.1 Å². The van der Waals surface area contributed by atoms with E-state index in [0.29, 0.717) is 11.5 Å². The van der Waals surface area contributed by atoms with E-state index in [2.05, 4.69) is 9.97 Å². The number of fused-ring (bicyclic) bond motifs is 2. The van der Waals surface area contributed by atoms with Gasteiger partial charge in [-0.1, -0.05) is 0 Å². The molecule has 1 spiro atoms. The number of nitrogens with zero attached hydrogens (tertiary/aromatic N) is 3. The predicted octanol–water partition coefficient (Wildman–Crippen LogP) is 1.48. The van der Waals surface area contributed by atoms with Crippen LogP contribution in [0.3, 0.4) is 0 Å². The number of aromatic nitrogens is 2. The zero-order valence-corrected chi connectivity index (χ0v) is 10.5. The third-order valence-electron chi connectivity index (χ3n) is 4.09. The normalized spacial score (nSPS) is 23.7. The smallest absolute Gasteiger partial charge is 0.248 e. The molecule has 0 bridgehead atoms. The van der Waals surface area contributed by atoms with E-state index >= 15 is 0 Å². The molecule has 0 radical (unpaired) electrons. The van der Waals surface area contributed by atoms with E-state index in [1.54, 1.807) is 7.05 Å². The van der Waals surface area contributed by atoms with Crippen molar-refractivity contribution < 1.29 is 13.6 Å². The third kappa shape index (κ3) is 1.60. The number of carbonyl (C=O) groups excluding carboxylic acids is 1. The zero-order chi connectivity index (χ0) is 13.8. The number of nitrogen functional groups attached to an aromatic ring is 1. The number of likely N-dealkylation sites (N-methyl/N-ethyl adjacent to an activating group) is 1. The van der Waals surface area contributed by atoms with Gasteiger partial charge in [-0.25, -0.2) is 18.7 Å². The largest absolute Gasteiger partial charge is 0.382 e. The van der Waals surface area contributed by atoms with Crippen LogP contribution in [0.15, 0.2) is 6.20 Å². The Balaban J connectivity index is 2.08. The molecule has 2 aliphatic rings. The highest BCUT2D eigenvalue weighted by molar-refractivity contribution is 6.06. The number of rotatable bonds is 0. The van der Waals surface area contributed by atoms with Gasteiger partial charge in [0, 0.05) is 19.9 Å². The summed E-state index contributed by atoms with van der Waals surface area (Å²) in [5.74, 6) is -2.26. The van der Waals surface area contributed by atoms with Crippen molar-refractivity contribution >= 4 is 17.5 Å². The summed E-state index contributed by atoms with van der Waals surface area (Å²) in [5.41, 5.74) is 5.10. The third-order valence-corrected chi connectivity index (χ3v) is 4.09. The second-order valence-electron chi connectivity index (χ2n) is 5.27. The summed E-state index contributed by atoms with van der Waals surface area (Å²) in [6.45, 7) is 0. The van der Waals surface area contributed by atoms with Crippen molar-refractivity contribution in [1.82, 2.24) is 9.97 Å². The van der Waals surface area contributed by atoms with Gasteiger partial charge in [0.05, 0.1) is 11.6 Å². The van der Waals surface area contributed by atoms with Gasteiger partial charge < -0.3 is 5.73 Å². The lowest BCUT2D eigenvalue weighted by Crippen LogP contribution is -2.44. The number of anilines is 2. The molecule has 1 aromatic heterocycles. The minimum absolute atomic E-state index is 0.0916. The first-order valence-corrected chi connectivity index (χ1v) is 6.15. The van der Waals surface area contributed by atoms with Crippen LogP contribution in [-0.4, -0.2) is 28.8 Å². The van der Waals surface area contributed by atoms with E-state index in [-0.39, 0.29) is 37.4 Å². The van der Waals surface area contributed by atoms with Crippen LogP contribution in [0.4, 0.5) is 20.4 Å².